The van der Waals surface area contributed by atoms with Crippen LogP contribution in [0.4, 0.5) is 0 Å². The fourth-order valence-corrected chi connectivity index (χ4v) is 4.53. The Kier molecular flexibility index (Phi) is 9.36. The molecule has 1 atom stereocenters. The third kappa shape index (κ3) is 7.47. The minimum atomic E-state index is -1.11. The smallest absolute Gasteiger partial charge is 0.335 e. The van der Waals surface area contributed by atoms with E-state index in [-0.39, 0.29) is 5.56 Å². The molecule has 0 saturated heterocycles. The van der Waals surface area contributed by atoms with E-state index in [1.54, 1.807) is 24.3 Å². The number of hydrogen-bond donors (Lipinski definition) is 2. The lowest BCUT2D eigenvalue weighted by Gasteiger charge is -2.30. The Labute approximate surface area is 230 Å². The van der Waals surface area contributed by atoms with Crippen LogP contribution in [0.3, 0.4) is 0 Å². The van der Waals surface area contributed by atoms with Gasteiger partial charge in [0.05, 0.1) is 5.56 Å². The summed E-state index contributed by atoms with van der Waals surface area (Å²) in [5.41, 5.74) is 2.74. The largest absolute Gasteiger partial charge is 0.490 e. The summed E-state index contributed by atoms with van der Waals surface area (Å²) in [6.07, 6.45) is 1.45. The monoisotopic (exact) mass is 525 g/mol. The molecule has 4 aromatic rings. The van der Waals surface area contributed by atoms with Gasteiger partial charge in [-0.05, 0) is 92.1 Å². The van der Waals surface area contributed by atoms with Gasteiger partial charge in [0.25, 0.3) is 0 Å². The number of aliphatic hydroxyl groups is 1. The molecular weight excluding hydrogens is 490 g/mol. The molecule has 0 aliphatic heterocycles. The fraction of sp³-hybridized carbons (Fsp3) is 0.242. The molecule has 39 heavy (non-hydrogen) atoms. The fourth-order valence-electron chi connectivity index (χ4n) is 4.53. The first-order valence-corrected chi connectivity index (χ1v) is 13.1. The van der Waals surface area contributed by atoms with E-state index in [0.29, 0.717) is 25.4 Å². The van der Waals surface area contributed by atoms with Gasteiger partial charge in [-0.25, -0.2) is 4.79 Å². The highest BCUT2D eigenvalue weighted by Crippen LogP contribution is 2.35. The molecule has 2 N–H and O–H groups in total. The lowest BCUT2D eigenvalue weighted by molar-refractivity contribution is 0.0660. The zero-order valence-corrected chi connectivity index (χ0v) is 22.4. The second kappa shape index (κ2) is 13.1. The van der Waals surface area contributed by atoms with E-state index in [0.717, 1.165) is 41.0 Å². The third-order valence-corrected chi connectivity index (χ3v) is 6.65. The topological polar surface area (TPSA) is 79.2 Å². The number of carboxylic acids is 1. The first-order valence-electron chi connectivity index (χ1n) is 13.1. The number of rotatable bonds is 13. The number of hydrogen-bond acceptors (Lipinski definition) is 5. The predicted molar refractivity (Wildman–Crippen MR) is 153 cm³/mol. The zero-order chi connectivity index (χ0) is 27.7. The molecule has 4 rings (SSSR count). The van der Waals surface area contributed by atoms with Crippen molar-refractivity contribution >= 4 is 5.97 Å². The zero-order valence-electron chi connectivity index (χ0n) is 22.4. The van der Waals surface area contributed by atoms with Crippen molar-refractivity contribution in [3.05, 3.63) is 120 Å². The Morgan fingerprint density at radius 3 is 1.95 bits per heavy atom. The Balaban J connectivity index is 1.35. The maximum Gasteiger partial charge on any atom is 0.335 e. The lowest BCUT2D eigenvalue weighted by atomic mass is 9.82. The Morgan fingerprint density at radius 1 is 0.744 bits per heavy atom. The predicted octanol–water partition coefficient (Wildman–Crippen LogP) is 6.09. The number of benzene rings is 4. The van der Waals surface area contributed by atoms with E-state index in [2.05, 4.69) is 4.90 Å². The number of carboxylic acid groups (broad SMARTS) is 1. The number of aromatic carboxylic acids is 1. The highest BCUT2D eigenvalue weighted by Gasteiger charge is 2.31. The molecule has 0 amide bonds. The number of ether oxygens (including phenoxy) is 2. The average Bonchev–Trinajstić information content (AvgIpc) is 2.96. The van der Waals surface area contributed by atoms with E-state index in [1.807, 2.05) is 93.0 Å². The molecule has 6 nitrogen and oxygen atoms in total. The SMILES string of the molecule is CN(C)CCC[C@](O)(c1ccccc1)c1cccc(OCCOc2ccc(-c3ccc(C(=O)O)cc3)cc2)c1. The van der Waals surface area contributed by atoms with Gasteiger partial charge < -0.3 is 24.6 Å². The van der Waals surface area contributed by atoms with Gasteiger partial charge in [0, 0.05) is 0 Å². The van der Waals surface area contributed by atoms with Gasteiger partial charge in [0.2, 0.25) is 0 Å². The number of carbonyl (C=O) groups is 1. The molecule has 0 radical (unpaired) electrons. The van der Waals surface area contributed by atoms with Crippen LogP contribution >= 0.6 is 0 Å². The van der Waals surface area contributed by atoms with Crippen LogP contribution in [0, 0.1) is 0 Å². The maximum atomic E-state index is 11.8. The Hall–Kier alpha value is -4.13. The first kappa shape index (κ1) is 27.9. The summed E-state index contributed by atoms with van der Waals surface area (Å²) in [6.45, 7) is 1.61. The molecule has 0 aromatic heterocycles. The number of nitrogens with zero attached hydrogens (tertiary/aromatic N) is 1. The molecule has 4 aromatic carbocycles. The Bertz CT molecular complexity index is 1340. The van der Waals surface area contributed by atoms with E-state index < -0.39 is 11.6 Å². The van der Waals surface area contributed by atoms with Crippen molar-refractivity contribution in [2.24, 2.45) is 0 Å². The van der Waals surface area contributed by atoms with Crippen LogP contribution in [0.5, 0.6) is 11.5 Å². The summed E-state index contributed by atoms with van der Waals surface area (Å²) < 4.78 is 11.8. The Morgan fingerprint density at radius 2 is 1.33 bits per heavy atom. The summed E-state index contributed by atoms with van der Waals surface area (Å²) in [7, 11) is 4.07. The van der Waals surface area contributed by atoms with Crippen LogP contribution in [0.25, 0.3) is 11.1 Å². The standard InChI is InChI=1S/C33H35NO5/c1-34(2)21-7-20-33(37,28-8-4-3-5-9-28)29-10-6-11-31(24-29)39-23-22-38-30-18-16-26(17-19-30)25-12-14-27(15-13-25)32(35)36/h3-6,8-19,24,37H,7,20-23H2,1-2H3,(H,35,36)/t33-/m0/s1. The molecule has 0 heterocycles. The van der Waals surface area contributed by atoms with Gasteiger partial charge in [-0.15, -0.1) is 0 Å². The third-order valence-electron chi connectivity index (χ3n) is 6.65. The van der Waals surface area contributed by atoms with Crippen molar-refractivity contribution in [3.8, 4) is 22.6 Å². The normalized spacial score (nSPS) is 12.6. The summed E-state index contributed by atoms with van der Waals surface area (Å²) in [5.74, 6) is 0.460. The van der Waals surface area contributed by atoms with Crippen LogP contribution in [0.2, 0.25) is 0 Å². The molecule has 202 valence electrons. The van der Waals surface area contributed by atoms with E-state index in [1.165, 1.54) is 0 Å². The second-order valence-corrected chi connectivity index (χ2v) is 9.76. The molecule has 0 bridgehead atoms. The van der Waals surface area contributed by atoms with Crippen LogP contribution in [0.15, 0.2) is 103 Å². The molecule has 0 aliphatic carbocycles. The van der Waals surface area contributed by atoms with Crippen molar-refractivity contribution in [1.29, 1.82) is 0 Å². The molecule has 0 fully saturated rings. The minimum absolute atomic E-state index is 0.262. The van der Waals surface area contributed by atoms with E-state index in [9.17, 15) is 9.90 Å². The van der Waals surface area contributed by atoms with Crippen molar-refractivity contribution in [2.75, 3.05) is 33.9 Å². The maximum absolute atomic E-state index is 11.8. The van der Waals surface area contributed by atoms with Crippen molar-refractivity contribution in [1.82, 2.24) is 4.90 Å². The van der Waals surface area contributed by atoms with Gasteiger partial charge >= 0.3 is 5.97 Å². The molecule has 0 saturated carbocycles. The minimum Gasteiger partial charge on any atom is -0.490 e. The first-order chi connectivity index (χ1) is 18.8. The lowest BCUT2D eigenvalue weighted by Crippen LogP contribution is -2.29. The molecule has 6 heteroatoms. The highest BCUT2D eigenvalue weighted by atomic mass is 16.5. The summed E-state index contributed by atoms with van der Waals surface area (Å²) >= 11 is 0. The molecule has 0 unspecified atom stereocenters. The van der Waals surface area contributed by atoms with Crippen LogP contribution in [0.1, 0.15) is 34.3 Å². The van der Waals surface area contributed by atoms with Gasteiger partial charge in [-0.1, -0.05) is 66.7 Å². The van der Waals surface area contributed by atoms with E-state index in [4.69, 9.17) is 14.6 Å². The summed E-state index contributed by atoms with van der Waals surface area (Å²) in [5, 5.41) is 20.9. The molecule has 0 aliphatic rings. The average molecular weight is 526 g/mol. The van der Waals surface area contributed by atoms with Gasteiger partial charge in [0.15, 0.2) is 0 Å². The quantitative estimate of drug-likeness (QED) is 0.206. The molecule has 0 spiro atoms. The molecular formula is C33H35NO5. The van der Waals surface area contributed by atoms with Gasteiger partial charge in [-0.3, -0.25) is 0 Å². The van der Waals surface area contributed by atoms with Crippen molar-refractivity contribution in [3.63, 3.8) is 0 Å². The van der Waals surface area contributed by atoms with Gasteiger partial charge in [-0.2, -0.15) is 0 Å². The highest BCUT2D eigenvalue weighted by molar-refractivity contribution is 5.88. The van der Waals surface area contributed by atoms with Crippen molar-refractivity contribution < 1.29 is 24.5 Å². The van der Waals surface area contributed by atoms with Crippen LogP contribution in [-0.2, 0) is 5.60 Å². The van der Waals surface area contributed by atoms with E-state index >= 15 is 0 Å². The second-order valence-electron chi connectivity index (χ2n) is 9.76. The van der Waals surface area contributed by atoms with Crippen LogP contribution < -0.4 is 9.47 Å². The summed E-state index contributed by atoms with van der Waals surface area (Å²) in [4.78, 5) is 13.2. The van der Waals surface area contributed by atoms with Crippen LogP contribution in [-0.4, -0.2) is 54.9 Å². The van der Waals surface area contributed by atoms with Crippen molar-refractivity contribution in [2.45, 2.75) is 18.4 Å². The van der Waals surface area contributed by atoms with Gasteiger partial charge in [0.1, 0.15) is 30.3 Å². The summed E-state index contributed by atoms with van der Waals surface area (Å²) in [6, 6.07) is 31.9.